The summed E-state index contributed by atoms with van der Waals surface area (Å²) >= 11 is 0. The number of ketones is 1. The average Bonchev–Trinajstić information content (AvgIpc) is 2.29. The number of nitrogens with zero attached hydrogens (tertiary/aromatic N) is 1. The predicted molar refractivity (Wildman–Crippen MR) is 68.6 cm³/mol. The van der Waals surface area contributed by atoms with Gasteiger partial charge in [0.1, 0.15) is 5.78 Å². The number of quaternary nitrogens is 1. The molecule has 2 nitrogen and oxygen atoms in total. The molecular formula is C15H26NO+. The second kappa shape index (κ2) is 4.38. The first-order chi connectivity index (χ1) is 8.21. The van der Waals surface area contributed by atoms with Crippen LogP contribution in [0, 0.1) is 11.8 Å². The number of piperidine rings is 1. The summed E-state index contributed by atoms with van der Waals surface area (Å²) in [6, 6.07) is 0.666. The summed E-state index contributed by atoms with van der Waals surface area (Å²) in [7, 11) is 2.42. The number of rotatable bonds is 1. The van der Waals surface area contributed by atoms with Gasteiger partial charge in [-0.3, -0.25) is 4.79 Å². The molecule has 2 bridgehead atoms. The molecule has 3 fully saturated rings. The van der Waals surface area contributed by atoms with Gasteiger partial charge in [-0.2, -0.15) is 0 Å². The maximum Gasteiger partial charge on any atom is 0.144 e. The zero-order chi connectivity index (χ0) is 11.9. The number of hydrogen-bond donors (Lipinski definition) is 0. The summed E-state index contributed by atoms with van der Waals surface area (Å²) in [6.45, 7) is 2.64. The molecule has 2 aliphatic carbocycles. The molecule has 0 aromatic rings. The van der Waals surface area contributed by atoms with Crippen molar-refractivity contribution in [2.45, 2.75) is 57.4 Å². The highest BCUT2D eigenvalue weighted by Gasteiger charge is 2.48. The minimum Gasteiger partial charge on any atom is -0.323 e. The van der Waals surface area contributed by atoms with E-state index in [1.807, 2.05) is 0 Å². The third kappa shape index (κ3) is 1.95. The highest BCUT2D eigenvalue weighted by Crippen LogP contribution is 2.42. The molecule has 96 valence electrons. The van der Waals surface area contributed by atoms with Crippen molar-refractivity contribution in [1.29, 1.82) is 0 Å². The van der Waals surface area contributed by atoms with Crippen LogP contribution in [0.1, 0.15) is 51.4 Å². The highest BCUT2D eigenvalue weighted by molar-refractivity contribution is 5.85. The number of Topliss-reactive ketones (excluding diaryl/α,β-unsaturated/α-hetero) is 1. The summed E-state index contributed by atoms with van der Waals surface area (Å²) in [4.78, 5) is 12.4. The Balaban J connectivity index is 1.80. The van der Waals surface area contributed by atoms with E-state index < -0.39 is 0 Å². The van der Waals surface area contributed by atoms with Gasteiger partial charge in [-0.25, -0.2) is 0 Å². The van der Waals surface area contributed by atoms with Crippen molar-refractivity contribution < 1.29 is 9.28 Å². The van der Waals surface area contributed by atoms with Crippen LogP contribution >= 0.6 is 0 Å². The fourth-order valence-electron chi connectivity index (χ4n) is 4.73. The molecule has 0 amide bonds. The Labute approximate surface area is 105 Å². The first-order valence-electron chi connectivity index (χ1n) is 7.59. The summed E-state index contributed by atoms with van der Waals surface area (Å²) in [5, 5.41) is 0. The van der Waals surface area contributed by atoms with Crippen molar-refractivity contribution in [3.63, 3.8) is 0 Å². The maximum absolute atomic E-state index is 12.4. The van der Waals surface area contributed by atoms with Crippen molar-refractivity contribution in [3.05, 3.63) is 0 Å². The van der Waals surface area contributed by atoms with Gasteiger partial charge >= 0.3 is 0 Å². The summed E-state index contributed by atoms with van der Waals surface area (Å²) < 4.78 is 1.21. The van der Waals surface area contributed by atoms with Gasteiger partial charge in [0.25, 0.3) is 0 Å². The lowest BCUT2D eigenvalue weighted by Crippen LogP contribution is -2.61. The second-order valence-electron chi connectivity index (χ2n) is 6.77. The fourth-order valence-corrected chi connectivity index (χ4v) is 4.73. The molecule has 1 saturated heterocycles. The molecule has 2 saturated carbocycles. The van der Waals surface area contributed by atoms with Gasteiger partial charge in [-0.1, -0.05) is 6.42 Å². The lowest BCUT2D eigenvalue weighted by atomic mass is 9.67. The zero-order valence-electron chi connectivity index (χ0n) is 11.2. The largest absolute Gasteiger partial charge is 0.323 e. The minimum atomic E-state index is 0.422. The molecule has 2 heteroatoms. The number of likely N-dealkylation sites (tertiary alicyclic amines) is 1. The molecule has 17 heavy (non-hydrogen) atoms. The van der Waals surface area contributed by atoms with Crippen molar-refractivity contribution >= 4 is 5.78 Å². The van der Waals surface area contributed by atoms with Crippen LogP contribution in [0.4, 0.5) is 0 Å². The molecule has 0 unspecified atom stereocenters. The number of fused-ring (bicyclic) bond motifs is 2. The third-order valence-corrected chi connectivity index (χ3v) is 5.75. The molecule has 3 aliphatic rings. The van der Waals surface area contributed by atoms with Crippen LogP contribution in [0.15, 0.2) is 0 Å². The van der Waals surface area contributed by atoms with Crippen LogP contribution in [0.5, 0.6) is 0 Å². The van der Waals surface area contributed by atoms with Crippen LogP contribution in [-0.4, -0.2) is 36.4 Å². The summed E-state index contributed by atoms with van der Waals surface area (Å²) in [5.74, 6) is 1.50. The predicted octanol–water partition coefficient (Wildman–Crippen LogP) is 2.76. The van der Waals surface area contributed by atoms with E-state index in [1.54, 1.807) is 0 Å². The van der Waals surface area contributed by atoms with Gasteiger partial charge in [0, 0.05) is 12.3 Å². The van der Waals surface area contributed by atoms with E-state index in [1.165, 1.54) is 68.9 Å². The summed E-state index contributed by atoms with van der Waals surface area (Å²) in [6.07, 6.45) is 10.3. The van der Waals surface area contributed by atoms with E-state index in [0.717, 1.165) is 0 Å². The van der Waals surface area contributed by atoms with Crippen molar-refractivity contribution in [3.8, 4) is 0 Å². The van der Waals surface area contributed by atoms with Crippen LogP contribution < -0.4 is 0 Å². The molecular weight excluding hydrogens is 210 g/mol. The van der Waals surface area contributed by atoms with Gasteiger partial charge in [0.05, 0.1) is 32.1 Å². The Bertz CT molecular complexity index is 306. The Hall–Kier alpha value is -0.370. The van der Waals surface area contributed by atoms with Crippen molar-refractivity contribution in [2.75, 3.05) is 20.1 Å². The minimum absolute atomic E-state index is 0.422. The topological polar surface area (TPSA) is 17.1 Å². The lowest BCUT2D eigenvalue weighted by Gasteiger charge is -2.50. The molecule has 0 N–H and O–H groups in total. The van der Waals surface area contributed by atoms with Gasteiger partial charge < -0.3 is 4.48 Å². The maximum atomic E-state index is 12.4. The lowest BCUT2D eigenvalue weighted by molar-refractivity contribution is -0.941. The number of carbonyl (C=O) groups excluding carboxylic acids is 1. The van der Waals surface area contributed by atoms with Gasteiger partial charge in [-0.15, -0.1) is 0 Å². The normalized spacial score (nSPS) is 41.2. The SMILES string of the molecule is C[N+]1([C@H]2CC[C@H]3CCC[C@@H]2C3=O)CCCCC1. The standard InChI is InChI=1S/C15H26NO/c1-16(10-3-2-4-11-16)14-9-8-12-6-5-7-13(14)15(12)17/h12-14H,2-11H2,1H3/q+1/t12-,13+,14+/m1/s1. The molecule has 3 atom stereocenters. The van der Waals surface area contributed by atoms with E-state index in [-0.39, 0.29) is 0 Å². The monoisotopic (exact) mass is 236 g/mol. The van der Waals surface area contributed by atoms with E-state index in [0.29, 0.717) is 23.7 Å². The fraction of sp³-hybridized carbons (Fsp3) is 0.933. The quantitative estimate of drug-likeness (QED) is 0.640. The van der Waals surface area contributed by atoms with E-state index in [2.05, 4.69) is 7.05 Å². The molecule has 3 rings (SSSR count). The average molecular weight is 236 g/mol. The van der Waals surface area contributed by atoms with Gasteiger partial charge in [0.15, 0.2) is 0 Å². The molecule has 0 spiro atoms. The zero-order valence-corrected chi connectivity index (χ0v) is 11.2. The smallest absolute Gasteiger partial charge is 0.144 e. The van der Waals surface area contributed by atoms with E-state index in [9.17, 15) is 4.79 Å². The van der Waals surface area contributed by atoms with Crippen molar-refractivity contribution in [1.82, 2.24) is 0 Å². The number of hydrogen-bond acceptors (Lipinski definition) is 1. The first kappa shape index (κ1) is 11.7. The Kier molecular flexibility index (Phi) is 3.02. The van der Waals surface area contributed by atoms with Gasteiger partial charge in [-0.05, 0) is 38.5 Å². The van der Waals surface area contributed by atoms with E-state index >= 15 is 0 Å². The van der Waals surface area contributed by atoms with Crippen molar-refractivity contribution in [2.24, 2.45) is 11.8 Å². The number of carbonyl (C=O) groups is 1. The Morgan fingerprint density at radius 3 is 2.47 bits per heavy atom. The molecule has 1 aliphatic heterocycles. The van der Waals surface area contributed by atoms with Crippen LogP contribution in [0.25, 0.3) is 0 Å². The van der Waals surface area contributed by atoms with Crippen LogP contribution in [-0.2, 0) is 4.79 Å². The van der Waals surface area contributed by atoms with Crippen LogP contribution in [0.3, 0.4) is 0 Å². The van der Waals surface area contributed by atoms with E-state index in [4.69, 9.17) is 0 Å². The summed E-state index contributed by atoms with van der Waals surface area (Å²) in [5.41, 5.74) is 0. The molecule has 1 heterocycles. The van der Waals surface area contributed by atoms with Gasteiger partial charge in [0.2, 0.25) is 0 Å². The highest BCUT2D eigenvalue weighted by atomic mass is 16.1. The molecule has 0 aromatic heterocycles. The third-order valence-electron chi connectivity index (χ3n) is 5.75. The first-order valence-corrected chi connectivity index (χ1v) is 7.59. The van der Waals surface area contributed by atoms with Crippen LogP contribution in [0.2, 0.25) is 0 Å². The molecule has 0 aromatic carbocycles. The second-order valence-corrected chi connectivity index (χ2v) is 6.77. The molecule has 0 radical (unpaired) electrons. The Morgan fingerprint density at radius 2 is 1.71 bits per heavy atom. The Morgan fingerprint density at radius 1 is 0.941 bits per heavy atom.